The van der Waals surface area contributed by atoms with Gasteiger partial charge in [0.2, 0.25) is 5.91 Å². The largest absolute Gasteiger partial charge is 0.443 e. The van der Waals surface area contributed by atoms with Gasteiger partial charge in [0.15, 0.2) is 0 Å². The number of hydrogen-bond acceptors (Lipinski definition) is 4. The molecule has 0 bridgehead atoms. The number of amides is 2. The van der Waals surface area contributed by atoms with Crippen LogP contribution in [0, 0.1) is 5.41 Å². The molecule has 0 saturated carbocycles. The van der Waals surface area contributed by atoms with E-state index in [9.17, 15) is 9.59 Å². The van der Waals surface area contributed by atoms with E-state index in [0.717, 1.165) is 19.4 Å². The van der Waals surface area contributed by atoms with Gasteiger partial charge in [-0.2, -0.15) is 0 Å². The van der Waals surface area contributed by atoms with Crippen molar-refractivity contribution in [2.75, 3.05) is 19.8 Å². The fraction of sp³-hybridized carbons (Fsp3) is 0.846. The lowest BCUT2D eigenvalue weighted by molar-refractivity contribution is -0.137. The Labute approximate surface area is 107 Å². The molecule has 2 amide bonds. The number of nitrogens with zero attached hydrogens (tertiary/aromatic N) is 1. The number of likely N-dealkylation sites (tertiary alicyclic amines) is 1. The van der Waals surface area contributed by atoms with Crippen molar-refractivity contribution in [3.8, 4) is 0 Å². The van der Waals surface area contributed by atoms with Gasteiger partial charge in [-0.15, -0.1) is 0 Å². The smallest absolute Gasteiger partial charge is 0.417 e. The monoisotopic (exact) mass is 255 g/mol. The molecule has 2 saturated heterocycles. The predicted octanol–water partition coefficient (Wildman–Crippen LogP) is 1.95. The molecule has 0 aromatic rings. The Morgan fingerprint density at radius 3 is 2.61 bits per heavy atom. The summed E-state index contributed by atoms with van der Waals surface area (Å²) < 4.78 is 10.6. The molecule has 2 aliphatic heterocycles. The summed E-state index contributed by atoms with van der Waals surface area (Å²) in [4.78, 5) is 25.2. The van der Waals surface area contributed by atoms with Crippen molar-refractivity contribution in [1.29, 1.82) is 0 Å². The van der Waals surface area contributed by atoms with Crippen molar-refractivity contribution >= 4 is 12.0 Å². The van der Waals surface area contributed by atoms with Crippen LogP contribution < -0.4 is 0 Å². The van der Waals surface area contributed by atoms with E-state index in [1.165, 1.54) is 4.90 Å². The van der Waals surface area contributed by atoms with E-state index in [1.54, 1.807) is 20.8 Å². The Bertz CT molecular complexity index is 352. The number of carbonyl (C=O) groups is 2. The van der Waals surface area contributed by atoms with E-state index < -0.39 is 11.7 Å². The summed E-state index contributed by atoms with van der Waals surface area (Å²) in [6, 6.07) is 0. The van der Waals surface area contributed by atoms with E-state index in [1.807, 2.05) is 0 Å². The zero-order valence-corrected chi connectivity index (χ0v) is 11.3. The molecule has 0 aromatic carbocycles. The van der Waals surface area contributed by atoms with Crippen LogP contribution in [0.2, 0.25) is 0 Å². The zero-order valence-electron chi connectivity index (χ0n) is 11.3. The summed E-state index contributed by atoms with van der Waals surface area (Å²) in [6.45, 7) is 7.20. The highest BCUT2D eigenvalue weighted by atomic mass is 16.6. The van der Waals surface area contributed by atoms with Crippen LogP contribution in [0.1, 0.15) is 40.0 Å². The van der Waals surface area contributed by atoms with Crippen molar-refractivity contribution in [2.24, 2.45) is 5.41 Å². The molecule has 5 nitrogen and oxygen atoms in total. The Kier molecular flexibility index (Phi) is 3.36. The number of imide groups is 1. The lowest BCUT2D eigenvalue weighted by Crippen LogP contribution is -2.48. The average molecular weight is 255 g/mol. The first-order valence-corrected chi connectivity index (χ1v) is 6.43. The van der Waals surface area contributed by atoms with Gasteiger partial charge < -0.3 is 9.47 Å². The molecule has 0 aliphatic carbocycles. The van der Waals surface area contributed by atoms with Gasteiger partial charge in [0.25, 0.3) is 0 Å². The quantitative estimate of drug-likeness (QED) is 0.664. The van der Waals surface area contributed by atoms with Crippen LogP contribution in [0.3, 0.4) is 0 Å². The molecule has 2 heterocycles. The van der Waals surface area contributed by atoms with E-state index >= 15 is 0 Å². The molecular weight excluding hydrogens is 234 g/mol. The van der Waals surface area contributed by atoms with Crippen molar-refractivity contribution in [1.82, 2.24) is 4.90 Å². The van der Waals surface area contributed by atoms with Gasteiger partial charge in [0, 0.05) is 25.0 Å². The van der Waals surface area contributed by atoms with E-state index in [2.05, 4.69) is 0 Å². The fourth-order valence-electron chi connectivity index (χ4n) is 2.47. The maximum atomic E-state index is 12.1. The Morgan fingerprint density at radius 1 is 1.39 bits per heavy atom. The normalized spacial score (nSPS) is 28.8. The molecular formula is C13H21NO4. The molecule has 1 spiro atoms. The summed E-state index contributed by atoms with van der Waals surface area (Å²) in [5, 5.41) is 0. The highest BCUT2D eigenvalue weighted by Crippen LogP contribution is 2.39. The topological polar surface area (TPSA) is 55.8 Å². The van der Waals surface area contributed by atoms with Crippen molar-refractivity contribution in [3.05, 3.63) is 0 Å². The third-order valence-corrected chi connectivity index (χ3v) is 3.49. The molecule has 1 atom stereocenters. The van der Waals surface area contributed by atoms with E-state index in [4.69, 9.17) is 9.47 Å². The SMILES string of the molecule is CC(C)(C)OC(=O)N1CCC2(CCOC2)CC1=O. The first-order chi connectivity index (χ1) is 8.31. The van der Waals surface area contributed by atoms with Crippen molar-refractivity contribution in [3.63, 3.8) is 0 Å². The maximum absolute atomic E-state index is 12.1. The van der Waals surface area contributed by atoms with Gasteiger partial charge >= 0.3 is 6.09 Å². The minimum absolute atomic E-state index is 0.0321. The molecule has 1 unspecified atom stereocenters. The summed E-state index contributed by atoms with van der Waals surface area (Å²) in [5.41, 5.74) is -0.599. The van der Waals surface area contributed by atoms with Crippen LogP contribution in [-0.2, 0) is 14.3 Å². The molecule has 0 N–H and O–H groups in total. The van der Waals surface area contributed by atoms with Gasteiger partial charge in [-0.05, 0) is 33.6 Å². The number of rotatable bonds is 0. The van der Waals surface area contributed by atoms with Gasteiger partial charge in [-0.25, -0.2) is 9.69 Å². The molecule has 2 fully saturated rings. The van der Waals surface area contributed by atoms with Crippen molar-refractivity contribution in [2.45, 2.75) is 45.6 Å². The van der Waals surface area contributed by atoms with Crippen LogP contribution in [-0.4, -0.2) is 42.3 Å². The number of hydrogen-bond donors (Lipinski definition) is 0. The second-order valence-electron chi connectivity index (χ2n) is 6.26. The predicted molar refractivity (Wildman–Crippen MR) is 65.1 cm³/mol. The Balaban J connectivity index is 1.97. The number of piperidine rings is 1. The van der Waals surface area contributed by atoms with Crippen molar-refractivity contribution < 1.29 is 19.1 Å². The first kappa shape index (κ1) is 13.3. The summed E-state index contributed by atoms with van der Waals surface area (Å²) in [5.74, 6) is -0.138. The van der Waals surface area contributed by atoms with E-state index in [0.29, 0.717) is 19.6 Å². The molecule has 102 valence electrons. The third kappa shape index (κ3) is 2.83. The molecule has 0 aromatic heterocycles. The van der Waals surface area contributed by atoms with Gasteiger partial charge in [0.1, 0.15) is 5.60 Å². The van der Waals surface area contributed by atoms with Gasteiger partial charge in [-0.3, -0.25) is 4.79 Å². The average Bonchev–Trinajstić information content (AvgIpc) is 2.63. The second-order valence-corrected chi connectivity index (χ2v) is 6.26. The molecule has 18 heavy (non-hydrogen) atoms. The Hall–Kier alpha value is -1.10. The van der Waals surface area contributed by atoms with E-state index in [-0.39, 0.29) is 11.3 Å². The molecule has 5 heteroatoms. The fourth-order valence-corrected chi connectivity index (χ4v) is 2.47. The van der Waals surface area contributed by atoms with Crippen LogP contribution >= 0.6 is 0 Å². The van der Waals surface area contributed by atoms with Gasteiger partial charge in [-0.1, -0.05) is 0 Å². The first-order valence-electron chi connectivity index (χ1n) is 6.43. The minimum atomic E-state index is -0.567. The van der Waals surface area contributed by atoms with Crippen LogP contribution in [0.5, 0.6) is 0 Å². The summed E-state index contributed by atoms with van der Waals surface area (Å²) >= 11 is 0. The maximum Gasteiger partial charge on any atom is 0.417 e. The molecule has 0 radical (unpaired) electrons. The van der Waals surface area contributed by atoms with Gasteiger partial charge in [0.05, 0.1) is 6.61 Å². The Morgan fingerprint density at radius 2 is 2.11 bits per heavy atom. The summed E-state index contributed by atoms with van der Waals surface area (Å²) in [7, 11) is 0. The zero-order chi connectivity index (χ0) is 13.4. The lowest BCUT2D eigenvalue weighted by atomic mass is 9.78. The standard InChI is InChI=1S/C13H21NO4/c1-12(2,3)18-11(16)14-6-4-13(8-10(14)15)5-7-17-9-13/h4-9H2,1-3H3. The number of ether oxygens (including phenoxy) is 2. The molecule has 2 rings (SSSR count). The van der Waals surface area contributed by atoms with Crippen LogP contribution in [0.15, 0.2) is 0 Å². The molecule has 2 aliphatic rings. The number of carbonyl (C=O) groups excluding carboxylic acids is 2. The van der Waals surface area contributed by atoms with Crippen LogP contribution in [0.25, 0.3) is 0 Å². The highest BCUT2D eigenvalue weighted by Gasteiger charge is 2.44. The second kappa shape index (κ2) is 4.53. The third-order valence-electron chi connectivity index (χ3n) is 3.49. The minimum Gasteiger partial charge on any atom is -0.443 e. The summed E-state index contributed by atoms with van der Waals surface area (Å²) in [6.07, 6.45) is 1.60. The van der Waals surface area contributed by atoms with Crippen LogP contribution in [0.4, 0.5) is 4.79 Å². The lowest BCUT2D eigenvalue weighted by Gasteiger charge is -2.37. The highest BCUT2D eigenvalue weighted by molar-refractivity contribution is 5.93.